The topological polar surface area (TPSA) is 146 Å². The van der Waals surface area contributed by atoms with E-state index in [4.69, 9.17) is 10.9 Å². The van der Waals surface area contributed by atoms with Crippen molar-refractivity contribution >= 4 is 42.4 Å². The lowest BCUT2D eigenvalue weighted by Crippen LogP contribution is -2.39. The number of hydrazone groups is 1. The number of aliphatic carboxylic acids is 1. The van der Waals surface area contributed by atoms with Gasteiger partial charge in [0.15, 0.2) is 0 Å². The fraction of sp³-hybridized carbons (Fsp3) is 0.158. The highest BCUT2D eigenvalue weighted by atomic mass is 32.1. The minimum absolute atomic E-state index is 0.312. The first-order valence-electron chi connectivity index (χ1n) is 8.56. The van der Waals surface area contributed by atoms with Crippen LogP contribution in [0.1, 0.15) is 28.4 Å². The number of nitrogens with zero attached hydrogens (tertiary/aromatic N) is 1. The smallest absolute Gasteiger partial charge is 0.305 e. The number of carbonyl (C=O) groups excluding carboxylic acids is 2. The van der Waals surface area contributed by atoms with Crippen molar-refractivity contribution in [2.24, 2.45) is 10.9 Å². The molecule has 0 spiro atoms. The van der Waals surface area contributed by atoms with Gasteiger partial charge >= 0.3 is 5.97 Å². The van der Waals surface area contributed by atoms with Gasteiger partial charge in [-0.1, -0.05) is 24.3 Å². The number of anilines is 1. The predicted molar refractivity (Wildman–Crippen MR) is 112 cm³/mol. The van der Waals surface area contributed by atoms with E-state index in [9.17, 15) is 14.4 Å². The van der Waals surface area contributed by atoms with E-state index in [1.165, 1.54) is 6.34 Å². The van der Waals surface area contributed by atoms with Crippen LogP contribution in [0.25, 0.3) is 0 Å². The third-order valence-electron chi connectivity index (χ3n) is 3.87. The minimum atomic E-state index is -1.07. The molecule has 152 valence electrons. The quantitative estimate of drug-likeness (QED) is 0.120. The Morgan fingerprint density at radius 1 is 1.17 bits per heavy atom. The second-order valence-electron chi connectivity index (χ2n) is 5.96. The van der Waals surface area contributed by atoms with Gasteiger partial charge in [-0.15, -0.1) is 12.6 Å². The van der Waals surface area contributed by atoms with Crippen LogP contribution in [0.4, 0.5) is 5.69 Å². The summed E-state index contributed by atoms with van der Waals surface area (Å²) < 4.78 is 0. The molecule has 0 fully saturated rings. The third-order valence-corrected chi connectivity index (χ3v) is 4.27. The Bertz CT molecular complexity index is 919. The Morgan fingerprint density at radius 3 is 2.62 bits per heavy atom. The van der Waals surface area contributed by atoms with E-state index < -0.39 is 23.8 Å². The molecule has 0 heterocycles. The molecule has 0 aliphatic rings. The highest BCUT2D eigenvalue weighted by Gasteiger charge is 2.20. The summed E-state index contributed by atoms with van der Waals surface area (Å²) in [5.41, 5.74) is 1.51. The van der Waals surface area contributed by atoms with Crippen molar-refractivity contribution in [2.45, 2.75) is 17.4 Å². The van der Waals surface area contributed by atoms with Gasteiger partial charge in [-0.25, -0.2) is 0 Å². The molecule has 0 aromatic heterocycles. The van der Waals surface area contributed by atoms with Gasteiger partial charge in [-0.05, 0) is 29.8 Å². The predicted octanol–water partition coefficient (Wildman–Crippen LogP) is 1.35. The maximum atomic E-state index is 12.3. The van der Waals surface area contributed by atoms with Crippen LogP contribution in [0.5, 0.6) is 0 Å². The Hall–Kier alpha value is -3.53. The van der Waals surface area contributed by atoms with Crippen molar-refractivity contribution in [3.05, 3.63) is 59.7 Å². The monoisotopic (exact) mass is 415 g/mol. The highest BCUT2D eigenvalue weighted by molar-refractivity contribution is 7.80. The van der Waals surface area contributed by atoms with E-state index in [0.717, 1.165) is 0 Å². The highest BCUT2D eigenvalue weighted by Crippen LogP contribution is 2.23. The zero-order valence-corrected chi connectivity index (χ0v) is 16.2. The number of hydrogen-bond donors (Lipinski definition) is 6. The lowest BCUT2D eigenvalue weighted by Gasteiger charge is -2.19. The molecule has 0 aliphatic carbocycles. The number of amides is 2. The zero-order valence-electron chi connectivity index (χ0n) is 15.3. The zero-order chi connectivity index (χ0) is 21.2. The van der Waals surface area contributed by atoms with Crippen molar-refractivity contribution in [3.8, 4) is 0 Å². The molecule has 29 heavy (non-hydrogen) atoms. The average Bonchev–Trinajstić information content (AvgIpc) is 2.70. The van der Waals surface area contributed by atoms with Gasteiger partial charge in [0.05, 0.1) is 19.0 Å². The molecule has 0 bridgehead atoms. The van der Waals surface area contributed by atoms with Gasteiger partial charge < -0.3 is 26.9 Å². The maximum Gasteiger partial charge on any atom is 0.305 e. The normalized spacial score (nSPS) is 11.6. The fourth-order valence-electron chi connectivity index (χ4n) is 2.57. The van der Waals surface area contributed by atoms with E-state index in [1.54, 1.807) is 48.5 Å². The summed E-state index contributed by atoms with van der Waals surface area (Å²) in [5, 5.41) is 20.4. The number of benzene rings is 2. The summed E-state index contributed by atoms with van der Waals surface area (Å²) in [6.07, 6.45) is 0.958. The number of carboxylic acid groups (broad SMARTS) is 1. The van der Waals surface area contributed by atoms with Crippen molar-refractivity contribution in [1.82, 2.24) is 10.6 Å². The van der Waals surface area contributed by atoms with E-state index in [2.05, 4.69) is 33.7 Å². The molecule has 0 aliphatic heterocycles. The number of nitrogens with one attached hydrogen (secondary N) is 3. The van der Waals surface area contributed by atoms with Crippen LogP contribution < -0.4 is 21.8 Å². The first-order valence-corrected chi connectivity index (χ1v) is 9.01. The molecular weight excluding hydrogens is 394 g/mol. The number of rotatable bonds is 9. The molecule has 2 rings (SSSR count). The average molecular weight is 415 g/mol. The standard InChI is InChI=1S/C19H21N5O4S/c20-23-11-22-13-5-3-4-12(8-13)19(28)21-10-17(25)24-15(9-18(26)27)14-6-1-2-7-16(14)29/h1-8,11,15,29H,9-10,20H2,(H,21,28)(H,22,23)(H,24,25)(H,26,27). The van der Waals surface area contributed by atoms with Crippen LogP contribution in [0.15, 0.2) is 58.5 Å². The van der Waals surface area contributed by atoms with Crippen LogP contribution in [0, 0.1) is 0 Å². The van der Waals surface area contributed by atoms with Crippen LogP contribution in [-0.2, 0) is 9.59 Å². The molecule has 2 amide bonds. The van der Waals surface area contributed by atoms with Crippen LogP contribution in [0.3, 0.4) is 0 Å². The maximum absolute atomic E-state index is 12.3. The molecule has 0 saturated heterocycles. The van der Waals surface area contributed by atoms with Crippen LogP contribution >= 0.6 is 12.6 Å². The SMILES string of the molecule is NN=CNc1cccc(C(=O)NCC(=O)NC(CC(=O)O)c2ccccc2S)c1. The van der Waals surface area contributed by atoms with Crippen LogP contribution in [0.2, 0.25) is 0 Å². The van der Waals surface area contributed by atoms with Crippen molar-refractivity contribution in [3.63, 3.8) is 0 Å². The van der Waals surface area contributed by atoms with Gasteiger partial charge in [0.25, 0.3) is 5.91 Å². The Labute approximate surface area is 172 Å². The second-order valence-corrected chi connectivity index (χ2v) is 6.44. The van der Waals surface area contributed by atoms with Crippen molar-refractivity contribution < 1.29 is 19.5 Å². The largest absolute Gasteiger partial charge is 0.481 e. The fourth-order valence-corrected chi connectivity index (χ4v) is 2.88. The number of hydrogen-bond acceptors (Lipinski definition) is 6. The lowest BCUT2D eigenvalue weighted by molar-refractivity contribution is -0.137. The Balaban J connectivity index is 1.99. The van der Waals surface area contributed by atoms with Crippen LogP contribution in [-0.4, -0.2) is 35.8 Å². The lowest BCUT2D eigenvalue weighted by atomic mass is 10.0. The first-order chi connectivity index (χ1) is 13.9. The summed E-state index contributed by atoms with van der Waals surface area (Å²) >= 11 is 4.31. The van der Waals surface area contributed by atoms with E-state index >= 15 is 0 Å². The molecule has 0 radical (unpaired) electrons. The second kappa shape index (κ2) is 10.7. The van der Waals surface area contributed by atoms with Gasteiger partial charge in [0, 0.05) is 16.1 Å². The Morgan fingerprint density at radius 2 is 1.93 bits per heavy atom. The number of thiol groups is 1. The van der Waals surface area contributed by atoms with Gasteiger partial charge in [-0.3, -0.25) is 14.4 Å². The Kier molecular flexibility index (Phi) is 8.04. The molecule has 0 saturated carbocycles. The van der Waals surface area contributed by atoms with Crippen molar-refractivity contribution in [2.75, 3.05) is 11.9 Å². The van der Waals surface area contributed by atoms with Crippen molar-refractivity contribution in [1.29, 1.82) is 0 Å². The minimum Gasteiger partial charge on any atom is -0.481 e. The van der Waals surface area contributed by atoms with E-state index in [1.807, 2.05) is 0 Å². The summed E-state index contributed by atoms with van der Waals surface area (Å²) in [6.45, 7) is -0.314. The molecule has 2 aromatic carbocycles. The summed E-state index contributed by atoms with van der Waals surface area (Å²) in [7, 11) is 0. The first kappa shape index (κ1) is 21.8. The number of nitrogens with two attached hydrogens (primary N) is 1. The third kappa shape index (κ3) is 6.85. The summed E-state index contributed by atoms with van der Waals surface area (Å²) in [6, 6.07) is 12.7. The molecule has 9 nitrogen and oxygen atoms in total. The van der Waals surface area contributed by atoms with E-state index in [0.29, 0.717) is 21.7 Å². The summed E-state index contributed by atoms with van der Waals surface area (Å²) in [5.74, 6) is 2.97. The van der Waals surface area contributed by atoms with E-state index in [-0.39, 0.29) is 13.0 Å². The van der Waals surface area contributed by atoms with Gasteiger partial charge in [-0.2, -0.15) is 5.10 Å². The van der Waals surface area contributed by atoms with Gasteiger partial charge in [0.1, 0.15) is 6.34 Å². The molecular formula is C19H21N5O4S. The molecule has 1 atom stereocenters. The molecule has 10 heteroatoms. The molecule has 6 N–H and O–H groups in total. The molecule has 2 aromatic rings. The van der Waals surface area contributed by atoms with Gasteiger partial charge in [0.2, 0.25) is 5.91 Å². The number of carbonyl (C=O) groups is 3. The molecule has 1 unspecified atom stereocenters. The summed E-state index contributed by atoms with van der Waals surface area (Å²) in [4.78, 5) is 36.3. The number of carboxylic acids is 1.